The van der Waals surface area contributed by atoms with Crippen molar-refractivity contribution in [2.24, 2.45) is 0 Å². The van der Waals surface area contributed by atoms with Crippen LogP contribution in [0.5, 0.6) is 11.5 Å². The second-order valence-corrected chi connectivity index (χ2v) is 9.53. The van der Waals surface area contributed by atoms with E-state index in [1.54, 1.807) is 5.32 Å². The predicted molar refractivity (Wildman–Crippen MR) is 122 cm³/mol. The van der Waals surface area contributed by atoms with E-state index in [1.165, 1.54) is 0 Å². The first-order valence-electron chi connectivity index (χ1n) is 11.6. The normalized spacial score (nSPS) is 20.2. The number of hydrogen-bond donors (Lipinski definition) is 2. The lowest BCUT2D eigenvalue weighted by atomic mass is 9.67. The molecule has 0 bridgehead atoms. The Morgan fingerprint density at radius 3 is 2.00 bits per heavy atom. The molecule has 2 N–H and O–H groups in total. The van der Waals surface area contributed by atoms with E-state index in [4.69, 9.17) is 4.74 Å². The van der Waals surface area contributed by atoms with Crippen molar-refractivity contribution in [3.8, 4) is 11.5 Å². The molecule has 0 heterocycles. The van der Waals surface area contributed by atoms with Crippen LogP contribution >= 0.6 is 0 Å². The van der Waals surface area contributed by atoms with Gasteiger partial charge in [0, 0.05) is 17.7 Å². The van der Waals surface area contributed by atoms with E-state index in [2.05, 4.69) is 0 Å². The number of halogens is 13. The second-order valence-electron chi connectivity index (χ2n) is 9.53. The third-order valence-electron chi connectivity index (χ3n) is 6.49. The van der Waals surface area contributed by atoms with E-state index in [0.29, 0.717) is 25.1 Å². The van der Waals surface area contributed by atoms with Crippen LogP contribution in [0.3, 0.4) is 0 Å². The van der Waals surface area contributed by atoms with E-state index in [1.807, 2.05) is 0 Å². The molecule has 0 aromatic heterocycles. The van der Waals surface area contributed by atoms with Gasteiger partial charge in [-0.15, -0.1) is 0 Å². The predicted octanol–water partition coefficient (Wildman–Crippen LogP) is 8.32. The maximum atomic E-state index is 15.3. The zero-order chi connectivity index (χ0) is 32.0. The molecule has 2 unspecified atom stereocenters. The molecule has 0 fully saturated rings. The Bertz CT molecular complexity index is 1340. The third kappa shape index (κ3) is 6.09. The van der Waals surface area contributed by atoms with Gasteiger partial charge in [-0.3, -0.25) is 5.32 Å². The summed E-state index contributed by atoms with van der Waals surface area (Å²) in [6, 6.07) is 5.92. The molecule has 1 aliphatic rings. The van der Waals surface area contributed by atoms with Crippen LogP contribution in [-0.4, -0.2) is 41.8 Å². The van der Waals surface area contributed by atoms with E-state index in [0.717, 1.165) is 42.5 Å². The Balaban J connectivity index is 2.10. The first-order valence-corrected chi connectivity index (χ1v) is 11.6. The molecular weight excluding hydrogens is 605 g/mol. The highest BCUT2D eigenvalue weighted by atomic mass is 19.4. The molecule has 0 saturated heterocycles. The molecule has 0 radical (unpaired) electrons. The summed E-state index contributed by atoms with van der Waals surface area (Å²) in [5.74, 6) is -12.6. The van der Waals surface area contributed by atoms with Gasteiger partial charge in [0.05, 0.1) is 5.41 Å². The minimum absolute atomic E-state index is 0.226. The molecule has 3 nitrogen and oxygen atoms in total. The summed E-state index contributed by atoms with van der Waals surface area (Å²) in [6.45, 7) is -0.701. The van der Waals surface area contributed by atoms with E-state index < -0.39 is 82.7 Å². The van der Waals surface area contributed by atoms with Crippen LogP contribution in [0.15, 0.2) is 72.3 Å². The number of alkyl halides is 13. The highest BCUT2D eigenvalue weighted by Crippen LogP contribution is 2.56. The van der Waals surface area contributed by atoms with Crippen LogP contribution in [0.4, 0.5) is 57.1 Å². The Morgan fingerprint density at radius 1 is 0.810 bits per heavy atom. The molecule has 0 amide bonds. The van der Waals surface area contributed by atoms with E-state index in [-0.39, 0.29) is 6.07 Å². The molecule has 0 spiro atoms. The van der Waals surface area contributed by atoms with Crippen LogP contribution in [0, 0.1) is 0 Å². The molecule has 1 aliphatic carbocycles. The largest absolute Gasteiger partial charge is 0.458 e. The summed E-state index contributed by atoms with van der Waals surface area (Å²) in [4.78, 5) is 0. The first kappa shape index (κ1) is 33.2. The fourth-order valence-electron chi connectivity index (χ4n) is 4.12. The van der Waals surface area contributed by atoms with Gasteiger partial charge < -0.3 is 9.84 Å². The van der Waals surface area contributed by atoms with Gasteiger partial charge in [-0.1, -0.05) is 54.1 Å². The number of hydrogen-bond acceptors (Lipinski definition) is 3. The monoisotopic (exact) mass is 625 g/mol. The number of benzene rings is 2. The Kier molecular flexibility index (Phi) is 8.53. The van der Waals surface area contributed by atoms with Crippen LogP contribution in [0.25, 0.3) is 0 Å². The highest BCUT2D eigenvalue weighted by molar-refractivity contribution is 5.51. The summed E-state index contributed by atoms with van der Waals surface area (Å²) in [5, 5.41) is 11.2. The standard InChI is InChI=1S/C26H20F13NO2/c1-20(41,24(31,32)33)40-14-15-6-5-11-21(13-15,23(29,30)26(37,38)39)18-9-2-3-10-19(18)42-17-8-4-7-16(12-17)22(27,28)25(34,35)36/h2-12,40-41H,13-14H2,1H3. The second kappa shape index (κ2) is 10.8. The summed E-state index contributed by atoms with van der Waals surface area (Å²) in [6.07, 6.45) is -16.7. The van der Waals surface area contributed by atoms with Crippen molar-refractivity contribution >= 4 is 0 Å². The van der Waals surface area contributed by atoms with Crippen molar-refractivity contribution in [2.75, 3.05) is 6.54 Å². The Hall–Kier alpha value is -3.27. The van der Waals surface area contributed by atoms with Crippen molar-refractivity contribution < 1.29 is 66.9 Å². The van der Waals surface area contributed by atoms with Gasteiger partial charge >= 0.3 is 30.4 Å². The SMILES string of the molecule is CC(O)(NCC1=CC=CC(c2ccccc2Oc2cccc(C(F)(F)C(F)(F)F)c2)(C(F)(F)C(F)(F)F)C1)C(F)(F)F. The molecule has 2 atom stereocenters. The number of para-hydroxylation sites is 1. The van der Waals surface area contributed by atoms with Gasteiger partial charge in [-0.2, -0.15) is 57.1 Å². The molecule has 16 heteroatoms. The molecular formula is C26H20F13NO2. The van der Waals surface area contributed by atoms with Crippen LogP contribution in [-0.2, 0) is 11.3 Å². The maximum Gasteiger partial charge on any atom is 0.458 e. The van der Waals surface area contributed by atoms with Crippen molar-refractivity contribution in [3.05, 3.63) is 83.5 Å². The summed E-state index contributed by atoms with van der Waals surface area (Å²) < 4.78 is 183. The average molecular weight is 625 g/mol. The third-order valence-corrected chi connectivity index (χ3v) is 6.49. The van der Waals surface area contributed by atoms with Gasteiger partial charge in [-0.25, -0.2) is 0 Å². The number of allylic oxidation sites excluding steroid dienone is 3. The van der Waals surface area contributed by atoms with Crippen LogP contribution in [0.2, 0.25) is 0 Å². The van der Waals surface area contributed by atoms with Crippen molar-refractivity contribution in [2.45, 2.75) is 54.9 Å². The van der Waals surface area contributed by atoms with Gasteiger partial charge in [0.25, 0.3) is 0 Å². The van der Waals surface area contributed by atoms with Gasteiger partial charge in [0.1, 0.15) is 11.5 Å². The molecule has 0 saturated carbocycles. The summed E-state index contributed by atoms with van der Waals surface area (Å²) >= 11 is 0. The lowest BCUT2D eigenvalue weighted by molar-refractivity contribution is -0.303. The number of rotatable bonds is 8. The van der Waals surface area contributed by atoms with Gasteiger partial charge in [0.15, 0.2) is 0 Å². The van der Waals surface area contributed by atoms with Crippen molar-refractivity contribution in [3.63, 3.8) is 0 Å². The topological polar surface area (TPSA) is 41.5 Å². The maximum absolute atomic E-state index is 15.3. The molecule has 0 aliphatic heterocycles. The lowest BCUT2D eigenvalue weighted by Gasteiger charge is -2.42. The molecule has 232 valence electrons. The Labute approximate surface area is 229 Å². The van der Waals surface area contributed by atoms with Crippen molar-refractivity contribution in [1.29, 1.82) is 0 Å². The quantitative estimate of drug-likeness (QED) is 0.229. The van der Waals surface area contributed by atoms with Gasteiger partial charge in [-0.05, 0) is 31.5 Å². The number of ether oxygens (including phenoxy) is 1. The zero-order valence-electron chi connectivity index (χ0n) is 21.0. The fourth-order valence-corrected chi connectivity index (χ4v) is 4.12. The lowest BCUT2D eigenvalue weighted by Crippen LogP contribution is -2.57. The minimum atomic E-state index is -6.24. The number of aliphatic hydroxyl groups is 1. The van der Waals surface area contributed by atoms with E-state index >= 15 is 8.78 Å². The Morgan fingerprint density at radius 2 is 1.43 bits per heavy atom. The highest BCUT2D eigenvalue weighted by Gasteiger charge is 2.70. The van der Waals surface area contributed by atoms with E-state index in [9.17, 15) is 53.4 Å². The first-order chi connectivity index (χ1) is 19.0. The zero-order valence-corrected chi connectivity index (χ0v) is 21.0. The fraction of sp³-hybridized carbons (Fsp3) is 0.385. The molecule has 3 rings (SSSR count). The average Bonchev–Trinajstić information content (AvgIpc) is 2.86. The summed E-state index contributed by atoms with van der Waals surface area (Å²) in [5.41, 5.74) is -9.90. The van der Waals surface area contributed by atoms with Gasteiger partial charge in [0.2, 0.25) is 5.72 Å². The minimum Gasteiger partial charge on any atom is -0.457 e. The van der Waals surface area contributed by atoms with Crippen LogP contribution in [0.1, 0.15) is 24.5 Å². The van der Waals surface area contributed by atoms with Crippen molar-refractivity contribution in [1.82, 2.24) is 5.32 Å². The molecule has 2 aromatic rings. The summed E-state index contributed by atoms with van der Waals surface area (Å²) in [7, 11) is 0. The van der Waals surface area contributed by atoms with Crippen LogP contribution < -0.4 is 10.1 Å². The number of nitrogens with one attached hydrogen (secondary N) is 1. The molecule has 42 heavy (non-hydrogen) atoms. The smallest absolute Gasteiger partial charge is 0.457 e. The molecule has 2 aromatic carbocycles.